The first-order chi connectivity index (χ1) is 14.4. The molecule has 1 amide bonds. The zero-order chi connectivity index (χ0) is 21.3. The maximum atomic E-state index is 13.4. The molecule has 0 saturated heterocycles. The van der Waals surface area contributed by atoms with E-state index in [-0.39, 0.29) is 30.9 Å². The summed E-state index contributed by atoms with van der Waals surface area (Å²) in [6, 6.07) is 9.19. The number of fused-ring (bicyclic) bond motifs is 1. The molecule has 1 aliphatic rings. The third kappa shape index (κ3) is 3.79. The molecule has 1 aromatic carbocycles. The van der Waals surface area contributed by atoms with Crippen LogP contribution in [-0.4, -0.2) is 28.4 Å². The number of rotatable bonds is 5. The molecule has 0 bridgehead atoms. The van der Waals surface area contributed by atoms with E-state index in [1.807, 2.05) is 31.2 Å². The number of hydrogen-bond acceptors (Lipinski definition) is 4. The number of aromatic nitrogens is 2. The Morgan fingerprint density at radius 1 is 1.30 bits per heavy atom. The predicted octanol–water partition coefficient (Wildman–Crippen LogP) is 4.80. The highest BCUT2D eigenvalue weighted by molar-refractivity contribution is 6.09. The van der Waals surface area contributed by atoms with E-state index >= 15 is 0 Å². The molecule has 1 atom stereocenters. The smallest absolute Gasteiger partial charge is 0.410 e. The molecule has 2 aromatic heterocycles. The minimum atomic E-state index is -4.44. The highest BCUT2D eigenvalue weighted by Crippen LogP contribution is 2.38. The number of furan rings is 1. The molecule has 0 aliphatic carbocycles. The van der Waals surface area contributed by atoms with E-state index in [1.165, 1.54) is 17.4 Å². The van der Waals surface area contributed by atoms with Crippen molar-refractivity contribution in [1.29, 1.82) is 0 Å². The summed E-state index contributed by atoms with van der Waals surface area (Å²) in [6.07, 6.45) is -1.01. The maximum Gasteiger partial charge on any atom is 0.410 e. The lowest BCUT2D eigenvalue weighted by atomic mass is 10.1. The van der Waals surface area contributed by atoms with Gasteiger partial charge in [0.2, 0.25) is 0 Å². The number of anilines is 2. The molecule has 0 spiro atoms. The minimum Gasteiger partial charge on any atom is -0.467 e. The van der Waals surface area contributed by atoms with Crippen LogP contribution in [0.2, 0.25) is 0 Å². The standard InChI is InChI=1S/C21H21F3N4O2/c1-2-14-5-7-15(8-6-14)27(13-16-4-3-11-30-16)20(29)17-12-26-28-18(21(22,23)24)9-10-25-19(17)28/h3-8,11-12,18,25H,2,9-10,13H2,1H3. The largest absolute Gasteiger partial charge is 0.467 e. The summed E-state index contributed by atoms with van der Waals surface area (Å²) < 4.78 is 46.4. The van der Waals surface area contributed by atoms with Gasteiger partial charge in [-0.1, -0.05) is 19.1 Å². The molecule has 6 nitrogen and oxygen atoms in total. The zero-order valence-corrected chi connectivity index (χ0v) is 16.3. The van der Waals surface area contributed by atoms with Gasteiger partial charge in [0, 0.05) is 12.2 Å². The Bertz CT molecular complexity index is 1010. The van der Waals surface area contributed by atoms with Crippen molar-refractivity contribution in [3.63, 3.8) is 0 Å². The molecule has 1 unspecified atom stereocenters. The van der Waals surface area contributed by atoms with Crippen LogP contribution in [0.4, 0.5) is 24.7 Å². The predicted molar refractivity (Wildman–Crippen MR) is 105 cm³/mol. The number of halogens is 3. The molecule has 0 fully saturated rings. The van der Waals surface area contributed by atoms with Crippen LogP contribution in [0.5, 0.6) is 0 Å². The van der Waals surface area contributed by atoms with E-state index in [0.717, 1.165) is 16.7 Å². The van der Waals surface area contributed by atoms with Gasteiger partial charge >= 0.3 is 6.18 Å². The van der Waals surface area contributed by atoms with Crippen molar-refractivity contribution in [2.75, 3.05) is 16.8 Å². The Morgan fingerprint density at radius 3 is 2.70 bits per heavy atom. The Morgan fingerprint density at radius 2 is 2.07 bits per heavy atom. The van der Waals surface area contributed by atoms with Crippen molar-refractivity contribution < 1.29 is 22.4 Å². The lowest BCUT2D eigenvalue weighted by Gasteiger charge is -2.28. The van der Waals surface area contributed by atoms with Gasteiger partial charge in [-0.25, -0.2) is 4.68 Å². The Kier molecular flexibility index (Phi) is 5.27. The van der Waals surface area contributed by atoms with Crippen LogP contribution >= 0.6 is 0 Å². The van der Waals surface area contributed by atoms with Gasteiger partial charge in [-0.3, -0.25) is 4.79 Å². The number of amides is 1. The van der Waals surface area contributed by atoms with Crippen molar-refractivity contribution >= 4 is 17.4 Å². The second kappa shape index (κ2) is 7.89. The number of hydrogen-bond donors (Lipinski definition) is 1. The van der Waals surface area contributed by atoms with Gasteiger partial charge in [0.05, 0.1) is 19.0 Å². The van der Waals surface area contributed by atoms with E-state index in [0.29, 0.717) is 11.4 Å². The molecule has 0 radical (unpaired) electrons. The number of aryl methyl sites for hydroxylation is 1. The van der Waals surface area contributed by atoms with Crippen LogP contribution in [0.3, 0.4) is 0 Å². The molecule has 3 heterocycles. The fraction of sp³-hybridized carbons (Fsp3) is 0.333. The number of carbonyl (C=O) groups excluding carboxylic acids is 1. The number of nitrogens with zero attached hydrogens (tertiary/aromatic N) is 3. The van der Waals surface area contributed by atoms with Gasteiger partial charge in [-0.05, 0) is 42.7 Å². The first-order valence-corrected chi connectivity index (χ1v) is 9.69. The lowest BCUT2D eigenvalue weighted by Crippen LogP contribution is -2.35. The minimum absolute atomic E-state index is 0.0863. The van der Waals surface area contributed by atoms with Crippen molar-refractivity contribution in [1.82, 2.24) is 9.78 Å². The lowest BCUT2D eigenvalue weighted by molar-refractivity contribution is -0.171. The fourth-order valence-electron chi connectivity index (χ4n) is 3.58. The van der Waals surface area contributed by atoms with Crippen LogP contribution in [0.25, 0.3) is 0 Å². The highest BCUT2D eigenvalue weighted by atomic mass is 19.4. The number of alkyl halides is 3. The summed E-state index contributed by atoms with van der Waals surface area (Å²) in [6.45, 7) is 2.28. The van der Waals surface area contributed by atoms with Gasteiger partial charge in [0.15, 0.2) is 6.04 Å². The van der Waals surface area contributed by atoms with Crippen molar-refractivity contribution in [2.45, 2.75) is 38.5 Å². The fourth-order valence-corrected chi connectivity index (χ4v) is 3.58. The summed E-state index contributed by atoms with van der Waals surface area (Å²) in [4.78, 5) is 14.9. The molecule has 4 rings (SSSR count). The van der Waals surface area contributed by atoms with Gasteiger partial charge in [-0.2, -0.15) is 18.3 Å². The first-order valence-electron chi connectivity index (χ1n) is 9.69. The van der Waals surface area contributed by atoms with Crippen LogP contribution in [0.15, 0.2) is 53.3 Å². The van der Waals surface area contributed by atoms with E-state index in [4.69, 9.17) is 4.42 Å². The Hall–Kier alpha value is -3.23. The molecule has 30 heavy (non-hydrogen) atoms. The van der Waals surface area contributed by atoms with Gasteiger partial charge in [-0.15, -0.1) is 0 Å². The highest BCUT2D eigenvalue weighted by Gasteiger charge is 2.44. The summed E-state index contributed by atoms with van der Waals surface area (Å²) in [5.74, 6) is 0.195. The molecule has 9 heteroatoms. The molecule has 1 aliphatic heterocycles. The van der Waals surface area contributed by atoms with Crippen molar-refractivity contribution in [3.8, 4) is 0 Å². The Labute approximate surface area is 171 Å². The molecular weight excluding hydrogens is 397 g/mol. The van der Waals surface area contributed by atoms with E-state index in [9.17, 15) is 18.0 Å². The van der Waals surface area contributed by atoms with Crippen LogP contribution in [0.1, 0.15) is 41.1 Å². The second-order valence-corrected chi connectivity index (χ2v) is 7.11. The SMILES string of the molecule is CCc1ccc(N(Cc2ccco2)C(=O)c2cnn3c2NCCC3C(F)(F)F)cc1. The summed E-state index contributed by atoms with van der Waals surface area (Å²) in [5, 5.41) is 6.80. The normalized spacial score (nSPS) is 16.1. The third-order valence-electron chi connectivity index (χ3n) is 5.20. The monoisotopic (exact) mass is 418 g/mol. The van der Waals surface area contributed by atoms with E-state index in [1.54, 1.807) is 12.1 Å². The molecule has 1 N–H and O–H groups in total. The topological polar surface area (TPSA) is 63.3 Å². The van der Waals surface area contributed by atoms with Crippen LogP contribution in [0, 0.1) is 0 Å². The molecule has 158 valence electrons. The van der Waals surface area contributed by atoms with E-state index in [2.05, 4.69) is 10.4 Å². The quantitative estimate of drug-likeness (QED) is 0.646. The molecule has 0 saturated carbocycles. The van der Waals surface area contributed by atoms with Gasteiger partial charge in [0.1, 0.15) is 17.1 Å². The van der Waals surface area contributed by atoms with Crippen molar-refractivity contribution in [2.24, 2.45) is 0 Å². The third-order valence-corrected chi connectivity index (χ3v) is 5.20. The first kappa shape index (κ1) is 20.1. The average Bonchev–Trinajstić information content (AvgIpc) is 3.40. The summed E-state index contributed by atoms with van der Waals surface area (Å²) in [7, 11) is 0. The average molecular weight is 418 g/mol. The van der Waals surface area contributed by atoms with Crippen LogP contribution in [-0.2, 0) is 13.0 Å². The number of benzene rings is 1. The van der Waals surface area contributed by atoms with Crippen molar-refractivity contribution in [3.05, 3.63) is 65.7 Å². The maximum absolute atomic E-state index is 13.4. The number of carbonyl (C=O) groups is 1. The van der Waals surface area contributed by atoms with E-state index < -0.39 is 18.1 Å². The Balaban J connectivity index is 1.71. The van der Waals surface area contributed by atoms with Gasteiger partial charge in [0.25, 0.3) is 5.91 Å². The number of nitrogens with one attached hydrogen (secondary N) is 1. The second-order valence-electron chi connectivity index (χ2n) is 7.11. The van der Waals surface area contributed by atoms with Gasteiger partial charge < -0.3 is 14.6 Å². The molecular formula is C21H21F3N4O2. The summed E-state index contributed by atoms with van der Waals surface area (Å²) >= 11 is 0. The van der Waals surface area contributed by atoms with Crippen LogP contribution < -0.4 is 10.2 Å². The summed E-state index contributed by atoms with van der Waals surface area (Å²) in [5.41, 5.74) is 1.83. The zero-order valence-electron chi connectivity index (χ0n) is 16.3. The molecule has 3 aromatic rings.